The third kappa shape index (κ3) is 2.17. The molecule has 1 aliphatic rings. The minimum atomic E-state index is -0.194. The fourth-order valence-electron chi connectivity index (χ4n) is 1.94. The summed E-state index contributed by atoms with van der Waals surface area (Å²) in [6, 6.07) is 5.08. The van der Waals surface area contributed by atoms with E-state index in [1.165, 1.54) is 6.07 Å². The van der Waals surface area contributed by atoms with Crippen LogP contribution in [0.1, 0.15) is 36.4 Å². The first-order valence-corrected chi connectivity index (χ1v) is 5.22. The maximum absolute atomic E-state index is 13.1. The molecule has 0 radical (unpaired) electrons. The fourth-order valence-corrected chi connectivity index (χ4v) is 1.94. The van der Waals surface area contributed by atoms with Crippen molar-refractivity contribution in [2.24, 2.45) is 0 Å². The molecule has 0 aromatic heterocycles. The van der Waals surface area contributed by atoms with Gasteiger partial charge in [0.25, 0.3) is 0 Å². The minimum absolute atomic E-state index is 0.0607. The van der Waals surface area contributed by atoms with Gasteiger partial charge >= 0.3 is 0 Å². The molecule has 15 heavy (non-hydrogen) atoms. The zero-order valence-electron chi connectivity index (χ0n) is 8.72. The highest BCUT2D eigenvalue weighted by molar-refractivity contribution is 5.77. The fraction of sp³-hybridized carbons (Fsp3) is 0.417. The van der Waals surface area contributed by atoms with Crippen molar-refractivity contribution in [2.75, 3.05) is 0 Å². The topological polar surface area (TPSA) is 29.1 Å². The predicted molar refractivity (Wildman–Crippen MR) is 55.9 cm³/mol. The third-order valence-electron chi connectivity index (χ3n) is 2.82. The number of benzene rings is 1. The quantitative estimate of drug-likeness (QED) is 0.753. The van der Waals surface area contributed by atoms with Crippen LogP contribution in [0.2, 0.25) is 0 Å². The maximum Gasteiger partial charge on any atom is 0.220 e. The van der Waals surface area contributed by atoms with Gasteiger partial charge in [-0.15, -0.1) is 0 Å². The lowest BCUT2D eigenvalue weighted by molar-refractivity contribution is -0.123. The standard InChI is InChI=1S/C12H14FNO/c1-8-7-9(5-6-10(8)13)11-3-2-4-12(15)14-11/h5-7,11H,2-4H2,1H3,(H,14,15). The third-order valence-corrected chi connectivity index (χ3v) is 2.82. The minimum Gasteiger partial charge on any atom is -0.349 e. The average Bonchev–Trinajstić information content (AvgIpc) is 2.22. The lowest BCUT2D eigenvalue weighted by atomic mass is 9.96. The van der Waals surface area contributed by atoms with Gasteiger partial charge in [-0.2, -0.15) is 0 Å². The summed E-state index contributed by atoms with van der Waals surface area (Å²) >= 11 is 0. The van der Waals surface area contributed by atoms with Crippen LogP contribution in [-0.4, -0.2) is 5.91 Å². The number of carbonyl (C=O) groups is 1. The monoisotopic (exact) mass is 207 g/mol. The van der Waals surface area contributed by atoms with E-state index in [2.05, 4.69) is 5.32 Å². The molecule has 0 aliphatic carbocycles. The first-order chi connectivity index (χ1) is 7.16. The number of aryl methyl sites for hydroxylation is 1. The van der Waals surface area contributed by atoms with E-state index in [-0.39, 0.29) is 17.8 Å². The van der Waals surface area contributed by atoms with Crippen LogP contribution in [0.15, 0.2) is 18.2 Å². The van der Waals surface area contributed by atoms with Crippen LogP contribution < -0.4 is 5.32 Å². The molecular weight excluding hydrogens is 193 g/mol. The molecule has 1 amide bonds. The Hall–Kier alpha value is -1.38. The van der Waals surface area contributed by atoms with Crippen LogP contribution in [0.3, 0.4) is 0 Å². The van der Waals surface area contributed by atoms with Gasteiger partial charge < -0.3 is 5.32 Å². The van der Waals surface area contributed by atoms with E-state index < -0.39 is 0 Å². The Labute approximate surface area is 88.5 Å². The van der Waals surface area contributed by atoms with E-state index in [4.69, 9.17) is 0 Å². The van der Waals surface area contributed by atoms with E-state index >= 15 is 0 Å². The van der Waals surface area contributed by atoms with Gasteiger partial charge in [0.1, 0.15) is 5.82 Å². The van der Waals surface area contributed by atoms with Crippen LogP contribution in [0.4, 0.5) is 4.39 Å². The van der Waals surface area contributed by atoms with Crippen LogP contribution >= 0.6 is 0 Å². The number of nitrogens with one attached hydrogen (secondary N) is 1. The molecule has 1 heterocycles. The van der Waals surface area contributed by atoms with Gasteiger partial charge in [-0.1, -0.05) is 12.1 Å². The van der Waals surface area contributed by atoms with Gasteiger partial charge in [0, 0.05) is 6.42 Å². The summed E-state index contributed by atoms with van der Waals surface area (Å²) in [5.41, 5.74) is 1.63. The molecule has 0 saturated carbocycles. The summed E-state index contributed by atoms with van der Waals surface area (Å²) in [7, 11) is 0. The van der Waals surface area contributed by atoms with Crippen molar-refractivity contribution < 1.29 is 9.18 Å². The van der Waals surface area contributed by atoms with Crippen molar-refractivity contribution in [1.29, 1.82) is 0 Å². The first kappa shape index (κ1) is 10.1. The zero-order chi connectivity index (χ0) is 10.8. The van der Waals surface area contributed by atoms with Crippen molar-refractivity contribution in [3.63, 3.8) is 0 Å². The lowest BCUT2D eigenvalue weighted by Gasteiger charge is -2.23. The molecule has 1 aromatic rings. The molecule has 3 heteroatoms. The van der Waals surface area contributed by atoms with Crippen LogP contribution in [0, 0.1) is 12.7 Å². The summed E-state index contributed by atoms with van der Waals surface area (Å²) < 4.78 is 13.1. The molecule has 2 nitrogen and oxygen atoms in total. The number of carbonyl (C=O) groups excluding carboxylic acids is 1. The highest BCUT2D eigenvalue weighted by Crippen LogP contribution is 2.24. The molecule has 1 atom stereocenters. The molecule has 2 rings (SSSR count). The van der Waals surface area contributed by atoms with Crippen LogP contribution in [0.25, 0.3) is 0 Å². The Morgan fingerprint density at radius 3 is 2.93 bits per heavy atom. The molecular formula is C12H14FNO. The van der Waals surface area contributed by atoms with Crippen molar-refractivity contribution >= 4 is 5.91 Å². The van der Waals surface area contributed by atoms with E-state index in [0.717, 1.165) is 18.4 Å². The second-order valence-corrected chi connectivity index (χ2v) is 4.02. The smallest absolute Gasteiger partial charge is 0.220 e. The molecule has 1 unspecified atom stereocenters. The van der Waals surface area contributed by atoms with E-state index in [0.29, 0.717) is 12.0 Å². The molecule has 1 aliphatic heterocycles. The van der Waals surface area contributed by atoms with Crippen molar-refractivity contribution in [2.45, 2.75) is 32.2 Å². The Balaban J connectivity index is 2.21. The van der Waals surface area contributed by atoms with Gasteiger partial charge in [-0.05, 0) is 37.0 Å². The van der Waals surface area contributed by atoms with Crippen LogP contribution in [0.5, 0.6) is 0 Å². The van der Waals surface area contributed by atoms with Gasteiger partial charge in [0.2, 0.25) is 5.91 Å². The zero-order valence-corrected chi connectivity index (χ0v) is 8.72. The normalized spacial score (nSPS) is 21.2. The number of hydrogen-bond acceptors (Lipinski definition) is 1. The van der Waals surface area contributed by atoms with Crippen molar-refractivity contribution in [1.82, 2.24) is 5.32 Å². The van der Waals surface area contributed by atoms with Gasteiger partial charge in [-0.3, -0.25) is 4.79 Å². The van der Waals surface area contributed by atoms with Crippen molar-refractivity contribution in [3.05, 3.63) is 35.1 Å². The highest BCUT2D eigenvalue weighted by atomic mass is 19.1. The number of piperidine rings is 1. The molecule has 0 bridgehead atoms. The SMILES string of the molecule is Cc1cc(C2CCCC(=O)N2)ccc1F. The molecule has 1 fully saturated rings. The van der Waals surface area contributed by atoms with E-state index in [9.17, 15) is 9.18 Å². The molecule has 1 N–H and O–H groups in total. The van der Waals surface area contributed by atoms with E-state index in [1.54, 1.807) is 13.0 Å². The van der Waals surface area contributed by atoms with Gasteiger partial charge in [0.15, 0.2) is 0 Å². The number of halogens is 1. The molecule has 1 aromatic carbocycles. The Morgan fingerprint density at radius 1 is 1.47 bits per heavy atom. The predicted octanol–water partition coefficient (Wildman–Crippen LogP) is 2.48. The second kappa shape index (κ2) is 4.01. The summed E-state index contributed by atoms with van der Waals surface area (Å²) in [4.78, 5) is 11.2. The van der Waals surface area contributed by atoms with Gasteiger partial charge in [0.05, 0.1) is 6.04 Å². The maximum atomic E-state index is 13.1. The summed E-state index contributed by atoms with van der Waals surface area (Å²) in [6.45, 7) is 1.74. The Bertz CT molecular complexity index is 389. The van der Waals surface area contributed by atoms with Gasteiger partial charge in [-0.25, -0.2) is 4.39 Å². The lowest BCUT2D eigenvalue weighted by Crippen LogP contribution is -2.32. The van der Waals surface area contributed by atoms with Crippen LogP contribution in [-0.2, 0) is 4.79 Å². The van der Waals surface area contributed by atoms with E-state index in [1.807, 2.05) is 6.07 Å². The highest BCUT2D eigenvalue weighted by Gasteiger charge is 2.19. The Morgan fingerprint density at radius 2 is 2.27 bits per heavy atom. The average molecular weight is 207 g/mol. The largest absolute Gasteiger partial charge is 0.349 e. The number of hydrogen-bond donors (Lipinski definition) is 1. The number of amides is 1. The number of rotatable bonds is 1. The summed E-state index contributed by atoms with van der Waals surface area (Å²) in [6.07, 6.45) is 2.46. The molecule has 0 spiro atoms. The summed E-state index contributed by atoms with van der Waals surface area (Å²) in [5.74, 6) is -0.103. The first-order valence-electron chi connectivity index (χ1n) is 5.22. The summed E-state index contributed by atoms with van der Waals surface area (Å²) in [5, 5.41) is 2.92. The van der Waals surface area contributed by atoms with Crippen molar-refractivity contribution in [3.8, 4) is 0 Å². The second-order valence-electron chi connectivity index (χ2n) is 4.02. The molecule has 1 saturated heterocycles. The molecule has 80 valence electrons. The Kier molecular flexibility index (Phi) is 2.71.